The molecule has 0 amide bonds. The molecule has 0 radical (unpaired) electrons. The first-order valence-corrected chi connectivity index (χ1v) is 23.1. The maximum atomic E-state index is 10.9. The van der Waals surface area contributed by atoms with Crippen molar-refractivity contribution in [3.05, 3.63) is 22.6 Å². The molecule has 4 atom stereocenters. The Kier molecular flexibility index (Phi) is 15.9. The molecule has 0 heterocycles. The molecule has 0 aromatic rings. The molecule has 5 nitrogen and oxygen atoms in total. The molecule has 0 fully saturated rings. The lowest BCUT2D eigenvalue weighted by Gasteiger charge is -2.40. The molecule has 0 aliphatic heterocycles. The largest absolute Gasteiger partial charge is 0.481 e. The van der Waals surface area contributed by atoms with E-state index in [0.29, 0.717) is 18.8 Å². The molecular weight excluding hydrogens is 575 g/mol. The van der Waals surface area contributed by atoms with Crippen LogP contribution in [-0.2, 0) is 13.6 Å². The highest BCUT2D eigenvalue weighted by Crippen LogP contribution is 2.46. The first-order chi connectivity index (χ1) is 19.3. The summed E-state index contributed by atoms with van der Waals surface area (Å²) in [5.74, 6) is 0.767. The van der Waals surface area contributed by atoms with Gasteiger partial charge in [-0.1, -0.05) is 93.2 Å². The zero-order chi connectivity index (χ0) is 32.4. The number of carbonyl (C=O) groups is 1. The molecule has 8 heteroatoms. The van der Waals surface area contributed by atoms with E-state index >= 15 is 0 Å². The van der Waals surface area contributed by atoms with Crippen molar-refractivity contribution in [2.75, 3.05) is 5.75 Å². The average molecular weight is 638 g/mol. The van der Waals surface area contributed by atoms with E-state index in [2.05, 4.69) is 99.8 Å². The molecule has 42 heavy (non-hydrogen) atoms. The molecule has 1 aliphatic rings. The van der Waals surface area contributed by atoms with E-state index in [0.717, 1.165) is 35.5 Å². The number of aliphatic carboxylic acids is 1. The van der Waals surface area contributed by atoms with Crippen molar-refractivity contribution < 1.29 is 18.8 Å². The molecule has 0 saturated carbocycles. The van der Waals surface area contributed by atoms with Crippen molar-refractivity contribution in [3.63, 3.8) is 0 Å². The monoisotopic (exact) mass is 637 g/mol. The summed E-state index contributed by atoms with van der Waals surface area (Å²) in [6.45, 7) is 27.6. The van der Waals surface area contributed by atoms with Gasteiger partial charge in [0.2, 0.25) is 0 Å². The summed E-state index contributed by atoms with van der Waals surface area (Å²) in [6.07, 6.45) is 12.7. The number of carboxylic acid groups (broad SMARTS) is 1. The van der Waals surface area contributed by atoms with Gasteiger partial charge in [0.15, 0.2) is 16.6 Å². The lowest BCUT2D eigenvalue weighted by Crippen LogP contribution is -2.45. The molecule has 0 saturated heterocycles. The van der Waals surface area contributed by atoms with E-state index in [9.17, 15) is 10.1 Å². The minimum absolute atomic E-state index is 0.0364. The van der Waals surface area contributed by atoms with Crippen molar-refractivity contribution in [1.29, 1.82) is 5.26 Å². The molecule has 0 aromatic carbocycles. The van der Waals surface area contributed by atoms with E-state index in [1.165, 1.54) is 19.3 Å². The van der Waals surface area contributed by atoms with Crippen molar-refractivity contribution >= 4 is 34.4 Å². The highest BCUT2D eigenvalue weighted by Gasteiger charge is 2.44. The van der Waals surface area contributed by atoms with E-state index in [4.69, 9.17) is 14.0 Å². The Morgan fingerprint density at radius 1 is 1.07 bits per heavy atom. The lowest BCUT2D eigenvalue weighted by atomic mass is 9.96. The molecule has 1 N–H and O–H groups in total. The second-order valence-electron chi connectivity index (χ2n) is 15.4. The second kappa shape index (κ2) is 17.0. The number of rotatable bonds is 18. The van der Waals surface area contributed by atoms with Gasteiger partial charge in [-0.05, 0) is 67.2 Å². The summed E-state index contributed by atoms with van der Waals surface area (Å²) in [7, 11) is -4.05. The van der Waals surface area contributed by atoms with Crippen LogP contribution in [0.5, 0.6) is 0 Å². The van der Waals surface area contributed by atoms with Crippen LogP contribution < -0.4 is 0 Å². The Morgan fingerprint density at radius 3 is 2.21 bits per heavy atom. The fourth-order valence-corrected chi connectivity index (χ4v) is 8.65. The van der Waals surface area contributed by atoms with E-state index < -0.39 is 22.6 Å². The van der Waals surface area contributed by atoms with Gasteiger partial charge in [-0.2, -0.15) is 5.26 Å². The summed E-state index contributed by atoms with van der Waals surface area (Å²) >= 11 is 1.78. The number of nitriles is 1. The standard InChI is InChI=1S/C34H63NO4SSi2/c1-13-14-18-26(2)23-28(38-41(9,10)33(3,4)5)20-21-29-30(39-42(11,12)34(6,7)8)24-27(25-35)32(29)40-22-17-15-16-19-31(36)37/h20-21,26,28-30H,13-19,22-24H2,1-12H3,(H,36,37)/t26-,28-,29+,30-/m1/s1. The van der Waals surface area contributed by atoms with Crippen LogP contribution in [-0.4, -0.2) is 45.7 Å². The van der Waals surface area contributed by atoms with Gasteiger partial charge < -0.3 is 14.0 Å². The highest BCUT2D eigenvalue weighted by molar-refractivity contribution is 8.03. The summed E-state index contributed by atoms with van der Waals surface area (Å²) in [6, 6.07) is 2.52. The third-order valence-corrected chi connectivity index (χ3v) is 19.9. The van der Waals surface area contributed by atoms with Gasteiger partial charge in [-0.3, -0.25) is 4.79 Å². The maximum absolute atomic E-state index is 10.9. The summed E-state index contributed by atoms with van der Waals surface area (Å²) in [4.78, 5) is 12.0. The number of hydrogen-bond acceptors (Lipinski definition) is 5. The van der Waals surface area contributed by atoms with Gasteiger partial charge in [-0.25, -0.2) is 0 Å². The molecular formula is C34H63NO4SSi2. The van der Waals surface area contributed by atoms with Crippen LogP contribution in [0.1, 0.15) is 113 Å². The highest BCUT2D eigenvalue weighted by atomic mass is 32.2. The normalized spacial score (nSPS) is 20.3. The first kappa shape index (κ1) is 39.2. The Balaban J connectivity index is 3.35. The predicted molar refractivity (Wildman–Crippen MR) is 186 cm³/mol. The maximum Gasteiger partial charge on any atom is 0.303 e. The minimum Gasteiger partial charge on any atom is -0.481 e. The van der Waals surface area contributed by atoms with Gasteiger partial charge in [0.05, 0.1) is 18.3 Å². The topological polar surface area (TPSA) is 79.5 Å². The van der Waals surface area contributed by atoms with Crippen LogP contribution in [0.15, 0.2) is 22.6 Å². The van der Waals surface area contributed by atoms with Crippen molar-refractivity contribution in [2.24, 2.45) is 11.8 Å². The fourth-order valence-electron chi connectivity index (χ4n) is 4.73. The third kappa shape index (κ3) is 12.6. The summed E-state index contributed by atoms with van der Waals surface area (Å²) in [5.41, 5.74) is 0.849. The SMILES string of the molecule is CCCC[C@@H](C)C[C@@H](C=C[C@@H]1C(SCCCCCC(=O)O)=C(C#N)C[C@H]1O[Si](C)(C)C(C)(C)C)O[Si](C)(C)C(C)(C)C. The average Bonchev–Trinajstić information content (AvgIpc) is 3.16. The predicted octanol–water partition coefficient (Wildman–Crippen LogP) is 10.7. The molecule has 0 spiro atoms. The Hall–Kier alpha value is -0.856. The molecule has 1 rings (SSSR count). The van der Waals surface area contributed by atoms with Crippen molar-refractivity contribution in [3.8, 4) is 6.07 Å². The summed E-state index contributed by atoms with van der Waals surface area (Å²) < 4.78 is 14.0. The molecule has 0 aromatic heterocycles. The number of unbranched alkanes of at least 4 members (excludes halogenated alkanes) is 3. The second-order valence-corrected chi connectivity index (χ2v) is 26.1. The van der Waals surface area contributed by atoms with Gasteiger partial charge in [0.25, 0.3) is 0 Å². The van der Waals surface area contributed by atoms with Gasteiger partial charge >= 0.3 is 5.97 Å². The number of hydrogen-bond donors (Lipinski definition) is 1. The van der Waals surface area contributed by atoms with Crippen LogP contribution >= 0.6 is 11.8 Å². The zero-order valence-corrected chi connectivity index (χ0v) is 31.9. The molecule has 1 aliphatic carbocycles. The summed E-state index contributed by atoms with van der Waals surface area (Å²) in [5, 5.41) is 19.4. The quantitative estimate of drug-likeness (QED) is 0.0915. The molecule has 0 bridgehead atoms. The zero-order valence-electron chi connectivity index (χ0n) is 29.1. The van der Waals surface area contributed by atoms with Gasteiger partial charge in [0.1, 0.15) is 0 Å². The van der Waals surface area contributed by atoms with Crippen LogP contribution in [0.3, 0.4) is 0 Å². The molecule has 0 unspecified atom stereocenters. The molecule has 242 valence electrons. The van der Waals surface area contributed by atoms with Crippen LogP contribution in [0, 0.1) is 23.2 Å². The number of thioether (sulfide) groups is 1. The van der Waals surface area contributed by atoms with Crippen molar-refractivity contribution in [2.45, 2.75) is 162 Å². The smallest absolute Gasteiger partial charge is 0.303 e. The minimum atomic E-state index is -2.06. The third-order valence-electron chi connectivity index (χ3n) is 9.56. The van der Waals surface area contributed by atoms with E-state index in [-0.39, 0.29) is 34.6 Å². The Bertz CT molecular complexity index is 956. The van der Waals surface area contributed by atoms with Crippen LogP contribution in [0.4, 0.5) is 0 Å². The lowest BCUT2D eigenvalue weighted by molar-refractivity contribution is -0.137. The number of nitrogens with zero attached hydrogens (tertiary/aromatic N) is 1. The van der Waals surface area contributed by atoms with Crippen molar-refractivity contribution in [1.82, 2.24) is 0 Å². The van der Waals surface area contributed by atoms with Crippen LogP contribution in [0.25, 0.3) is 0 Å². The fraction of sp³-hybridized carbons (Fsp3) is 0.824. The first-order valence-electron chi connectivity index (χ1n) is 16.3. The van der Waals surface area contributed by atoms with E-state index in [1.54, 1.807) is 11.8 Å². The van der Waals surface area contributed by atoms with E-state index in [1.807, 2.05) is 0 Å². The number of carboxylic acids is 1. The Morgan fingerprint density at radius 2 is 1.69 bits per heavy atom. The van der Waals surface area contributed by atoms with Gasteiger partial charge in [0, 0.05) is 29.2 Å². The van der Waals surface area contributed by atoms with Crippen LogP contribution in [0.2, 0.25) is 36.3 Å². The Labute approximate surface area is 265 Å². The van der Waals surface area contributed by atoms with Gasteiger partial charge in [-0.15, -0.1) is 11.8 Å².